The lowest BCUT2D eigenvalue weighted by Gasteiger charge is -2.56. The number of fused-ring (bicyclic) bond motifs is 1. The third kappa shape index (κ3) is 4.28. The fourth-order valence-corrected chi connectivity index (χ4v) is 5.80. The molecule has 0 amide bonds. The molecular weight excluding hydrogens is 421 g/mol. The molecule has 2 aromatic rings. The standard InChI is InChI=1S/C22H26N2O2.C2HF3O/c25-20-7-2-1-6-17(20)24-19-12-14-11-18-15-5-3-4-8-22(15,9-10-23-18)16(14)13-21(19)26;3-2(4,5)1-6/h1-2,6-7,12-13,15,18,23-26H,3-5,8-11H2;1H/t15-,18+,22+;/m1./s1. The third-order valence-corrected chi connectivity index (χ3v) is 7.07. The van der Waals surface area contributed by atoms with Gasteiger partial charge in [-0.25, -0.2) is 0 Å². The molecule has 32 heavy (non-hydrogen) atoms. The van der Waals surface area contributed by atoms with Crippen molar-refractivity contribution in [3.63, 3.8) is 0 Å². The number of phenolic OH excluding ortho intramolecular Hbond substituents is 2. The summed E-state index contributed by atoms with van der Waals surface area (Å²) in [5.74, 6) is 1.17. The number of benzene rings is 2. The maximum absolute atomic E-state index is 10.7. The predicted molar refractivity (Wildman–Crippen MR) is 115 cm³/mol. The van der Waals surface area contributed by atoms with Crippen LogP contribution >= 0.6 is 0 Å². The largest absolute Gasteiger partial charge is 0.506 e. The van der Waals surface area contributed by atoms with Gasteiger partial charge in [-0.05, 0) is 73.5 Å². The molecule has 1 saturated heterocycles. The Balaban J connectivity index is 0.000000363. The molecule has 0 unspecified atom stereocenters. The molecule has 0 radical (unpaired) electrons. The van der Waals surface area contributed by atoms with Gasteiger partial charge in [-0.2, -0.15) is 13.2 Å². The van der Waals surface area contributed by atoms with Gasteiger partial charge in [0.1, 0.15) is 11.5 Å². The van der Waals surface area contributed by atoms with E-state index in [-0.39, 0.29) is 16.9 Å². The molecule has 1 heterocycles. The van der Waals surface area contributed by atoms with E-state index in [1.54, 1.807) is 12.1 Å². The van der Waals surface area contributed by atoms with Crippen LogP contribution in [0.2, 0.25) is 0 Å². The summed E-state index contributed by atoms with van der Waals surface area (Å²) < 4.78 is 31.2. The topological polar surface area (TPSA) is 81.6 Å². The number of aromatic hydroxyl groups is 2. The zero-order chi connectivity index (χ0) is 22.9. The molecule has 2 bridgehead atoms. The molecule has 5 rings (SSSR count). The van der Waals surface area contributed by atoms with Gasteiger partial charge in [0, 0.05) is 11.5 Å². The highest BCUT2D eigenvalue weighted by molar-refractivity contribution is 5.72. The van der Waals surface area contributed by atoms with E-state index in [4.69, 9.17) is 4.79 Å². The number of rotatable bonds is 2. The number of alkyl halides is 3. The second kappa shape index (κ2) is 8.65. The van der Waals surface area contributed by atoms with Crippen LogP contribution in [0, 0.1) is 5.92 Å². The van der Waals surface area contributed by atoms with Crippen LogP contribution in [0.1, 0.15) is 43.2 Å². The van der Waals surface area contributed by atoms with E-state index < -0.39 is 12.5 Å². The molecule has 3 atom stereocenters. The number of para-hydroxylation sites is 2. The van der Waals surface area contributed by atoms with Crippen LogP contribution in [0.15, 0.2) is 36.4 Å². The van der Waals surface area contributed by atoms with Gasteiger partial charge in [0.2, 0.25) is 6.29 Å². The van der Waals surface area contributed by atoms with Crippen molar-refractivity contribution in [1.82, 2.24) is 5.32 Å². The Morgan fingerprint density at radius 3 is 2.53 bits per heavy atom. The second-order valence-corrected chi connectivity index (χ2v) is 8.85. The van der Waals surface area contributed by atoms with E-state index in [0.29, 0.717) is 23.3 Å². The van der Waals surface area contributed by atoms with Crippen molar-refractivity contribution in [2.45, 2.75) is 56.2 Å². The normalized spacial score (nSPS) is 26.1. The zero-order valence-corrected chi connectivity index (χ0v) is 17.6. The summed E-state index contributed by atoms with van der Waals surface area (Å²) in [6, 6.07) is 11.8. The van der Waals surface area contributed by atoms with Gasteiger partial charge in [0.15, 0.2) is 0 Å². The molecule has 0 aromatic heterocycles. The summed E-state index contributed by atoms with van der Waals surface area (Å²) in [4.78, 5) is 8.70. The minimum absolute atomic E-state index is 0.189. The first-order chi connectivity index (χ1) is 15.2. The van der Waals surface area contributed by atoms with Crippen molar-refractivity contribution in [2.24, 2.45) is 5.92 Å². The smallest absolute Gasteiger partial charge is 0.446 e. The van der Waals surface area contributed by atoms with Crippen LogP contribution in [0.3, 0.4) is 0 Å². The summed E-state index contributed by atoms with van der Waals surface area (Å²) in [6.07, 6.45) is 1.67. The van der Waals surface area contributed by atoms with Gasteiger partial charge in [-0.3, -0.25) is 4.79 Å². The third-order valence-electron chi connectivity index (χ3n) is 7.07. The fraction of sp³-hybridized carbons (Fsp3) is 0.458. The fourth-order valence-electron chi connectivity index (χ4n) is 5.80. The van der Waals surface area contributed by atoms with E-state index in [9.17, 15) is 23.4 Å². The van der Waals surface area contributed by atoms with Gasteiger partial charge in [0.05, 0.1) is 11.4 Å². The number of anilines is 2. The average Bonchev–Trinajstić information content (AvgIpc) is 2.76. The summed E-state index contributed by atoms with van der Waals surface area (Å²) in [6.45, 7) is 1.08. The maximum atomic E-state index is 10.7. The number of halogens is 3. The maximum Gasteiger partial charge on any atom is 0.446 e. The summed E-state index contributed by atoms with van der Waals surface area (Å²) in [5.41, 5.74) is 4.25. The number of piperidine rings is 1. The van der Waals surface area contributed by atoms with E-state index in [2.05, 4.69) is 16.7 Å². The molecule has 2 fully saturated rings. The Hall–Kier alpha value is -2.74. The Kier molecular flexibility index (Phi) is 6.07. The first-order valence-corrected chi connectivity index (χ1v) is 10.9. The molecule has 1 saturated carbocycles. The lowest BCUT2D eigenvalue weighted by molar-refractivity contribution is -0.156. The molecule has 1 aliphatic heterocycles. The van der Waals surface area contributed by atoms with Crippen molar-refractivity contribution in [2.75, 3.05) is 11.9 Å². The van der Waals surface area contributed by atoms with Crippen LogP contribution < -0.4 is 10.6 Å². The second-order valence-electron chi connectivity index (χ2n) is 8.85. The summed E-state index contributed by atoms with van der Waals surface area (Å²) in [7, 11) is 0. The van der Waals surface area contributed by atoms with Crippen LogP contribution in [-0.2, 0) is 16.6 Å². The lowest BCUT2D eigenvalue weighted by Crippen LogP contribution is -2.59. The lowest BCUT2D eigenvalue weighted by atomic mass is 9.53. The number of hydrogen-bond donors (Lipinski definition) is 4. The van der Waals surface area contributed by atoms with Gasteiger partial charge < -0.3 is 20.8 Å². The first kappa shape index (κ1) is 22.5. The minimum Gasteiger partial charge on any atom is -0.506 e. The van der Waals surface area contributed by atoms with Crippen LogP contribution in [0.5, 0.6) is 11.5 Å². The quantitative estimate of drug-likeness (QED) is 0.387. The number of phenols is 2. The zero-order valence-electron chi connectivity index (χ0n) is 17.6. The molecule has 2 aromatic carbocycles. The highest BCUT2D eigenvalue weighted by Gasteiger charge is 2.51. The first-order valence-electron chi connectivity index (χ1n) is 10.9. The molecule has 3 aliphatic rings. The molecule has 5 nitrogen and oxygen atoms in total. The molecule has 4 N–H and O–H groups in total. The molecule has 2 aliphatic carbocycles. The van der Waals surface area contributed by atoms with Crippen molar-refractivity contribution >= 4 is 17.7 Å². The highest BCUT2D eigenvalue weighted by atomic mass is 19.4. The Morgan fingerprint density at radius 1 is 1.06 bits per heavy atom. The van der Waals surface area contributed by atoms with Crippen LogP contribution in [0.25, 0.3) is 0 Å². The van der Waals surface area contributed by atoms with E-state index in [1.807, 2.05) is 18.2 Å². The molecular formula is C24H27F3N2O3. The van der Waals surface area contributed by atoms with Crippen LogP contribution in [-0.4, -0.2) is 35.3 Å². The Bertz CT molecular complexity index is 991. The Labute approximate surface area is 184 Å². The van der Waals surface area contributed by atoms with Crippen molar-refractivity contribution < 1.29 is 28.2 Å². The number of carbonyl (C=O) groups excluding carboxylic acids is 1. The van der Waals surface area contributed by atoms with Gasteiger partial charge >= 0.3 is 6.18 Å². The SMILES string of the molecule is O=CC(F)(F)F.Oc1ccccc1Nc1cc2c(cc1O)[C@]13CCCC[C@@H]1[C@H](C2)NCC3. The van der Waals surface area contributed by atoms with E-state index in [1.165, 1.54) is 43.2 Å². The average molecular weight is 448 g/mol. The number of aldehydes is 1. The number of carbonyl (C=O) groups is 1. The monoisotopic (exact) mass is 448 g/mol. The van der Waals surface area contributed by atoms with Crippen molar-refractivity contribution in [3.8, 4) is 11.5 Å². The molecule has 0 spiro atoms. The number of nitrogens with one attached hydrogen (secondary N) is 2. The Morgan fingerprint density at radius 2 is 1.81 bits per heavy atom. The van der Waals surface area contributed by atoms with Crippen LogP contribution in [0.4, 0.5) is 24.5 Å². The van der Waals surface area contributed by atoms with E-state index in [0.717, 1.165) is 13.0 Å². The van der Waals surface area contributed by atoms with E-state index >= 15 is 0 Å². The van der Waals surface area contributed by atoms with Gasteiger partial charge in [-0.15, -0.1) is 0 Å². The number of hydrogen-bond acceptors (Lipinski definition) is 5. The minimum atomic E-state index is -4.64. The van der Waals surface area contributed by atoms with Crippen molar-refractivity contribution in [3.05, 3.63) is 47.5 Å². The summed E-state index contributed by atoms with van der Waals surface area (Å²) in [5, 5.41) is 27.7. The van der Waals surface area contributed by atoms with Gasteiger partial charge in [-0.1, -0.05) is 25.0 Å². The highest BCUT2D eigenvalue weighted by Crippen LogP contribution is 2.55. The molecule has 172 valence electrons. The predicted octanol–water partition coefficient (Wildman–Crippen LogP) is 4.94. The van der Waals surface area contributed by atoms with Crippen molar-refractivity contribution in [1.29, 1.82) is 0 Å². The summed E-state index contributed by atoms with van der Waals surface area (Å²) >= 11 is 0. The van der Waals surface area contributed by atoms with Gasteiger partial charge in [0.25, 0.3) is 0 Å². The molecule has 8 heteroatoms.